The minimum absolute atomic E-state index is 0.233. The highest BCUT2D eigenvalue weighted by Gasteiger charge is 2.11. The smallest absolute Gasteiger partial charge is 0.319 e. The molecule has 0 saturated carbocycles. The zero-order valence-electron chi connectivity index (χ0n) is 13.7. The van der Waals surface area contributed by atoms with Crippen LogP contribution in [-0.4, -0.2) is 19.2 Å². The summed E-state index contributed by atoms with van der Waals surface area (Å²) < 4.78 is 6.69. The molecule has 2 amide bonds. The number of amides is 2. The second-order valence-electron chi connectivity index (χ2n) is 5.98. The van der Waals surface area contributed by atoms with Crippen LogP contribution in [0.1, 0.15) is 23.1 Å². The van der Waals surface area contributed by atoms with E-state index in [1.807, 2.05) is 31.2 Å². The molecule has 0 atom stereocenters. The van der Waals surface area contributed by atoms with Gasteiger partial charge in [-0.05, 0) is 67.1 Å². The van der Waals surface area contributed by atoms with E-state index in [2.05, 4.69) is 38.7 Å². The predicted octanol–water partition coefficient (Wildman–Crippen LogP) is 4.45. The number of nitrogens with one attached hydrogen (secondary N) is 2. The Labute approximate surface area is 150 Å². The fourth-order valence-electron chi connectivity index (χ4n) is 2.82. The van der Waals surface area contributed by atoms with Gasteiger partial charge < -0.3 is 15.4 Å². The Kier molecular flexibility index (Phi) is 5.41. The minimum Gasteiger partial charge on any atom is -0.492 e. The standard InChI is InChI=1S/C19H21BrN2O2/c1-13-5-7-16(12-18(13)20)22-19(23)21-9-10-24-17-8-6-14-3-2-4-15(14)11-17/h5-8,11-12H,2-4,9-10H2,1H3,(H2,21,22,23). The molecule has 0 spiro atoms. The molecule has 4 nitrogen and oxygen atoms in total. The molecule has 0 aromatic heterocycles. The second kappa shape index (κ2) is 7.71. The van der Waals surface area contributed by atoms with E-state index in [1.54, 1.807) is 0 Å². The van der Waals surface area contributed by atoms with Crippen molar-refractivity contribution >= 4 is 27.6 Å². The lowest BCUT2D eigenvalue weighted by Crippen LogP contribution is -2.32. The highest BCUT2D eigenvalue weighted by Crippen LogP contribution is 2.26. The van der Waals surface area contributed by atoms with Crippen LogP contribution in [0.2, 0.25) is 0 Å². The molecule has 2 aromatic carbocycles. The maximum atomic E-state index is 11.9. The zero-order chi connectivity index (χ0) is 16.9. The monoisotopic (exact) mass is 388 g/mol. The van der Waals surface area contributed by atoms with Crippen molar-refractivity contribution in [1.82, 2.24) is 5.32 Å². The Bertz CT molecular complexity index is 746. The highest BCUT2D eigenvalue weighted by molar-refractivity contribution is 9.10. The molecule has 1 aliphatic rings. The predicted molar refractivity (Wildman–Crippen MR) is 99.9 cm³/mol. The fraction of sp³-hybridized carbons (Fsp3) is 0.316. The molecule has 0 saturated heterocycles. The first-order valence-electron chi connectivity index (χ1n) is 8.17. The van der Waals surface area contributed by atoms with Crippen molar-refractivity contribution in [2.24, 2.45) is 0 Å². The number of benzene rings is 2. The van der Waals surface area contributed by atoms with Gasteiger partial charge in [0.05, 0.1) is 6.54 Å². The molecule has 1 aliphatic carbocycles. The molecule has 0 unspecified atom stereocenters. The molecule has 0 bridgehead atoms. The molecule has 2 N–H and O–H groups in total. The van der Waals surface area contributed by atoms with E-state index < -0.39 is 0 Å². The van der Waals surface area contributed by atoms with Crippen LogP contribution >= 0.6 is 15.9 Å². The maximum absolute atomic E-state index is 11.9. The lowest BCUT2D eigenvalue weighted by Gasteiger charge is -2.10. The Morgan fingerprint density at radius 3 is 2.83 bits per heavy atom. The molecule has 2 aromatic rings. The number of halogens is 1. The molecule has 3 rings (SSSR count). The fourth-order valence-corrected chi connectivity index (χ4v) is 3.20. The second-order valence-corrected chi connectivity index (χ2v) is 6.83. The number of anilines is 1. The molecule has 24 heavy (non-hydrogen) atoms. The van der Waals surface area contributed by atoms with Crippen molar-refractivity contribution in [3.05, 3.63) is 57.6 Å². The van der Waals surface area contributed by atoms with Crippen LogP contribution in [0.3, 0.4) is 0 Å². The van der Waals surface area contributed by atoms with Gasteiger partial charge in [0, 0.05) is 10.2 Å². The van der Waals surface area contributed by atoms with Crippen molar-refractivity contribution in [2.45, 2.75) is 26.2 Å². The quantitative estimate of drug-likeness (QED) is 0.743. The van der Waals surface area contributed by atoms with Crippen LogP contribution in [0.5, 0.6) is 5.75 Å². The molecule has 0 radical (unpaired) electrons. The summed E-state index contributed by atoms with van der Waals surface area (Å²) in [6.45, 7) is 2.91. The maximum Gasteiger partial charge on any atom is 0.319 e. The summed E-state index contributed by atoms with van der Waals surface area (Å²) in [6.07, 6.45) is 3.54. The SMILES string of the molecule is Cc1ccc(NC(=O)NCCOc2ccc3c(c2)CCC3)cc1Br. The topological polar surface area (TPSA) is 50.4 Å². The van der Waals surface area contributed by atoms with Gasteiger partial charge in [0.2, 0.25) is 0 Å². The van der Waals surface area contributed by atoms with Gasteiger partial charge in [-0.15, -0.1) is 0 Å². The number of carbonyl (C=O) groups is 1. The Morgan fingerprint density at radius 1 is 1.17 bits per heavy atom. The summed E-state index contributed by atoms with van der Waals surface area (Å²) in [4.78, 5) is 11.9. The van der Waals surface area contributed by atoms with Gasteiger partial charge in [-0.25, -0.2) is 4.79 Å². The van der Waals surface area contributed by atoms with E-state index in [9.17, 15) is 4.79 Å². The number of rotatable bonds is 5. The summed E-state index contributed by atoms with van der Waals surface area (Å²) >= 11 is 3.46. The summed E-state index contributed by atoms with van der Waals surface area (Å²) in [5, 5.41) is 5.60. The van der Waals surface area contributed by atoms with Gasteiger partial charge in [-0.1, -0.05) is 28.1 Å². The van der Waals surface area contributed by atoms with Crippen LogP contribution in [0.15, 0.2) is 40.9 Å². The van der Waals surface area contributed by atoms with Gasteiger partial charge in [0.15, 0.2) is 0 Å². The van der Waals surface area contributed by atoms with Gasteiger partial charge in [-0.2, -0.15) is 0 Å². The Balaban J connectivity index is 1.41. The van der Waals surface area contributed by atoms with E-state index in [0.717, 1.165) is 27.9 Å². The molecule has 5 heteroatoms. The van der Waals surface area contributed by atoms with E-state index in [-0.39, 0.29) is 6.03 Å². The zero-order valence-corrected chi connectivity index (χ0v) is 15.3. The van der Waals surface area contributed by atoms with Crippen molar-refractivity contribution < 1.29 is 9.53 Å². The number of ether oxygens (including phenoxy) is 1. The van der Waals surface area contributed by atoms with Crippen molar-refractivity contribution in [1.29, 1.82) is 0 Å². The number of fused-ring (bicyclic) bond motifs is 1. The number of aryl methyl sites for hydroxylation is 3. The molecular formula is C19H21BrN2O2. The number of hydrogen-bond acceptors (Lipinski definition) is 2. The minimum atomic E-state index is -0.233. The molecular weight excluding hydrogens is 368 g/mol. The summed E-state index contributed by atoms with van der Waals surface area (Å²) in [6, 6.07) is 11.8. The average molecular weight is 389 g/mol. The lowest BCUT2D eigenvalue weighted by molar-refractivity contribution is 0.247. The first-order valence-corrected chi connectivity index (χ1v) is 8.97. The number of urea groups is 1. The molecule has 0 fully saturated rings. The van der Waals surface area contributed by atoms with Crippen LogP contribution in [0.25, 0.3) is 0 Å². The van der Waals surface area contributed by atoms with Crippen LogP contribution in [-0.2, 0) is 12.8 Å². The van der Waals surface area contributed by atoms with Crippen LogP contribution in [0, 0.1) is 6.92 Å². The van der Waals surface area contributed by atoms with E-state index in [1.165, 1.54) is 24.0 Å². The van der Waals surface area contributed by atoms with Crippen molar-refractivity contribution in [3.63, 3.8) is 0 Å². The van der Waals surface area contributed by atoms with Crippen molar-refractivity contribution in [2.75, 3.05) is 18.5 Å². The highest BCUT2D eigenvalue weighted by atomic mass is 79.9. The average Bonchev–Trinajstić information content (AvgIpc) is 3.03. The molecule has 0 aliphatic heterocycles. The van der Waals surface area contributed by atoms with Gasteiger partial charge in [-0.3, -0.25) is 0 Å². The Morgan fingerprint density at radius 2 is 2.00 bits per heavy atom. The van der Waals surface area contributed by atoms with Gasteiger partial charge >= 0.3 is 6.03 Å². The summed E-state index contributed by atoms with van der Waals surface area (Å²) in [5.41, 5.74) is 4.71. The van der Waals surface area contributed by atoms with Crippen LogP contribution < -0.4 is 15.4 Å². The summed E-state index contributed by atoms with van der Waals surface area (Å²) in [7, 11) is 0. The first kappa shape index (κ1) is 16.8. The third kappa shape index (κ3) is 4.29. The Hall–Kier alpha value is -2.01. The van der Waals surface area contributed by atoms with E-state index >= 15 is 0 Å². The third-order valence-corrected chi connectivity index (χ3v) is 5.01. The van der Waals surface area contributed by atoms with E-state index in [4.69, 9.17) is 4.74 Å². The van der Waals surface area contributed by atoms with E-state index in [0.29, 0.717) is 13.2 Å². The number of carbonyl (C=O) groups excluding carboxylic acids is 1. The van der Waals surface area contributed by atoms with Crippen LogP contribution in [0.4, 0.5) is 10.5 Å². The number of hydrogen-bond donors (Lipinski definition) is 2. The third-order valence-electron chi connectivity index (χ3n) is 4.16. The lowest BCUT2D eigenvalue weighted by atomic mass is 10.1. The van der Waals surface area contributed by atoms with Gasteiger partial charge in [0.25, 0.3) is 0 Å². The largest absolute Gasteiger partial charge is 0.492 e. The normalized spacial score (nSPS) is 12.6. The van der Waals surface area contributed by atoms with Crippen molar-refractivity contribution in [3.8, 4) is 5.75 Å². The molecule has 126 valence electrons. The first-order chi connectivity index (χ1) is 11.6. The molecule has 0 heterocycles. The van der Waals surface area contributed by atoms with Gasteiger partial charge in [0.1, 0.15) is 12.4 Å². The summed E-state index contributed by atoms with van der Waals surface area (Å²) in [5.74, 6) is 0.875.